The summed E-state index contributed by atoms with van der Waals surface area (Å²) in [5.74, 6) is 1.53. The molecule has 6 nitrogen and oxygen atoms in total. The maximum atomic E-state index is 11.9. The average molecular weight is 394 g/mol. The molecule has 1 aliphatic heterocycles. The average Bonchev–Trinajstić information content (AvgIpc) is 3.36. The lowest BCUT2D eigenvalue weighted by Crippen LogP contribution is -2.32. The van der Waals surface area contributed by atoms with Crippen LogP contribution in [0.1, 0.15) is 36.6 Å². The largest absolute Gasteiger partial charge is 0.410 e. The Morgan fingerprint density at radius 3 is 3.19 bits per heavy atom. The fourth-order valence-electron chi connectivity index (χ4n) is 3.39. The third kappa shape index (κ3) is 4.29. The van der Waals surface area contributed by atoms with Gasteiger partial charge in [0, 0.05) is 18.0 Å². The van der Waals surface area contributed by atoms with Crippen LogP contribution in [0.5, 0.6) is 0 Å². The molecule has 140 valence electrons. The first-order chi connectivity index (χ1) is 12.7. The minimum Gasteiger partial charge on any atom is -0.410 e. The number of ether oxygens (including phenoxy) is 1. The molecule has 1 aliphatic carbocycles. The second kappa shape index (κ2) is 8.10. The molecule has 1 saturated heterocycles. The molecule has 0 saturated carbocycles. The van der Waals surface area contributed by atoms with E-state index in [1.54, 1.807) is 11.3 Å². The van der Waals surface area contributed by atoms with Crippen LogP contribution in [0, 0.1) is 5.92 Å². The smallest absolute Gasteiger partial charge is 0.277 e. The number of carbonyl (C=O) groups is 1. The van der Waals surface area contributed by atoms with Crippen molar-refractivity contribution in [1.82, 2.24) is 15.5 Å². The quantitative estimate of drug-likeness (QED) is 0.759. The van der Waals surface area contributed by atoms with Crippen LogP contribution in [-0.2, 0) is 22.4 Å². The third-order valence-corrected chi connectivity index (χ3v) is 6.87. The number of nitrogens with one attached hydrogen (secondary N) is 1. The fourth-order valence-corrected chi connectivity index (χ4v) is 5.11. The Balaban J connectivity index is 1.30. The van der Waals surface area contributed by atoms with Crippen LogP contribution < -0.4 is 5.32 Å². The van der Waals surface area contributed by atoms with Crippen molar-refractivity contribution in [3.63, 3.8) is 0 Å². The molecular weight excluding hydrogens is 370 g/mol. The van der Waals surface area contributed by atoms with E-state index in [1.807, 2.05) is 0 Å². The molecule has 0 spiro atoms. The molecule has 3 heterocycles. The number of aromatic nitrogens is 2. The van der Waals surface area contributed by atoms with Gasteiger partial charge in [-0.1, -0.05) is 18.7 Å². The van der Waals surface area contributed by atoms with Crippen molar-refractivity contribution in [3.8, 4) is 10.8 Å². The van der Waals surface area contributed by atoms with Gasteiger partial charge in [0.2, 0.25) is 5.91 Å². The van der Waals surface area contributed by atoms with Gasteiger partial charge in [0.1, 0.15) is 0 Å². The van der Waals surface area contributed by atoms with Gasteiger partial charge in [0.25, 0.3) is 11.1 Å². The van der Waals surface area contributed by atoms with Gasteiger partial charge in [-0.3, -0.25) is 4.79 Å². The summed E-state index contributed by atoms with van der Waals surface area (Å²) in [5.41, 5.74) is 1.42. The number of nitrogens with zero attached hydrogens (tertiary/aromatic N) is 2. The Hall–Kier alpha value is -1.38. The molecular formula is C18H23N3O3S2. The molecule has 2 aliphatic rings. The number of hydrogen-bond acceptors (Lipinski definition) is 7. The summed E-state index contributed by atoms with van der Waals surface area (Å²) in [6, 6.07) is 2.19. The van der Waals surface area contributed by atoms with Gasteiger partial charge in [-0.25, -0.2) is 0 Å². The fraction of sp³-hybridized carbons (Fsp3) is 0.611. The normalized spacial score (nSPS) is 22.3. The highest BCUT2D eigenvalue weighted by molar-refractivity contribution is 7.99. The number of thiophene rings is 1. The van der Waals surface area contributed by atoms with E-state index in [2.05, 4.69) is 28.5 Å². The SMILES string of the molecule is C[C@@H]1CCc2sc(-c3nnc(SCC(=O)NC[C@H]4CCCO4)o3)cc2C1. The summed E-state index contributed by atoms with van der Waals surface area (Å²) < 4.78 is 11.2. The molecule has 4 rings (SSSR count). The minimum atomic E-state index is -0.0363. The predicted octanol–water partition coefficient (Wildman–Crippen LogP) is 3.31. The van der Waals surface area contributed by atoms with Crippen molar-refractivity contribution >= 4 is 29.0 Å². The van der Waals surface area contributed by atoms with Crippen LogP contribution in [0.25, 0.3) is 10.8 Å². The number of hydrogen-bond donors (Lipinski definition) is 1. The van der Waals surface area contributed by atoms with E-state index in [1.165, 1.54) is 28.6 Å². The molecule has 0 bridgehead atoms. The van der Waals surface area contributed by atoms with E-state index in [9.17, 15) is 4.79 Å². The monoisotopic (exact) mass is 393 g/mol. The summed E-state index contributed by atoms with van der Waals surface area (Å²) in [7, 11) is 0. The van der Waals surface area contributed by atoms with Crippen molar-refractivity contribution < 1.29 is 13.9 Å². The minimum absolute atomic E-state index is 0.0363. The van der Waals surface area contributed by atoms with Crippen LogP contribution in [0.15, 0.2) is 15.7 Å². The molecule has 26 heavy (non-hydrogen) atoms. The van der Waals surface area contributed by atoms with Gasteiger partial charge in [-0.15, -0.1) is 21.5 Å². The van der Waals surface area contributed by atoms with E-state index in [-0.39, 0.29) is 17.8 Å². The van der Waals surface area contributed by atoms with Crippen molar-refractivity contribution in [2.24, 2.45) is 5.92 Å². The van der Waals surface area contributed by atoms with Gasteiger partial charge >= 0.3 is 0 Å². The number of thioether (sulfide) groups is 1. The van der Waals surface area contributed by atoms with Crippen LogP contribution >= 0.6 is 23.1 Å². The maximum absolute atomic E-state index is 11.9. The van der Waals surface area contributed by atoms with Crippen LogP contribution in [0.4, 0.5) is 0 Å². The lowest BCUT2D eigenvalue weighted by Gasteiger charge is -2.16. The highest BCUT2D eigenvalue weighted by atomic mass is 32.2. The van der Waals surface area contributed by atoms with Gasteiger partial charge < -0.3 is 14.5 Å². The lowest BCUT2D eigenvalue weighted by molar-refractivity contribution is -0.119. The maximum Gasteiger partial charge on any atom is 0.277 e. The molecule has 2 atom stereocenters. The Morgan fingerprint density at radius 2 is 2.35 bits per heavy atom. The Labute approximate surface area is 161 Å². The van der Waals surface area contributed by atoms with Crippen LogP contribution in [0.2, 0.25) is 0 Å². The van der Waals surface area contributed by atoms with E-state index in [0.717, 1.165) is 43.1 Å². The van der Waals surface area contributed by atoms with Crippen LogP contribution in [0.3, 0.4) is 0 Å². The van der Waals surface area contributed by atoms with E-state index >= 15 is 0 Å². The van der Waals surface area contributed by atoms with Crippen molar-refractivity contribution in [1.29, 1.82) is 0 Å². The first-order valence-corrected chi connectivity index (χ1v) is 10.9. The van der Waals surface area contributed by atoms with Gasteiger partial charge in [0.05, 0.1) is 16.7 Å². The van der Waals surface area contributed by atoms with Gasteiger partial charge in [-0.05, 0) is 49.7 Å². The van der Waals surface area contributed by atoms with E-state index in [4.69, 9.17) is 9.15 Å². The predicted molar refractivity (Wildman–Crippen MR) is 102 cm³/mol. The summed E-state index contributed by atoms with van der Waals surface area (Å²) >= 11 is 3.02. The Bertz CT molecular complexity index is 768. The molecule has 0 radical (unpaired) electrons. The molecule has 8 heteroatoms. The first kappa shape index (κ1) is 18.0. The topological polar surface area (TPSA) is 77.2 Å². The standard InChI is InChI=1S/C18H23N3O3S2/c1-11-4-5-14-12(7-11)8-15(26-14)17-20-21-18(24-17)25-10-16(22)19-9-13-3-2-6-23-13/h8,11,13H,2-7,9-10H2,1H3,(H,19,22)/t11-,13-/m1/s1. The zero-order chi connectivity index (χ0) is 17.9. The summed E-state index contributed by atoms with van der Waals surface area (Å²) in [6.07, 6.45) is 5.77. The molecule has 2 aromatic rings. The number of carbonyl (C=O) groups excluding carboxylic acids is 1. The summed E-state index contributed by atoms with van der Waals surface area (Å²) in [5, 5.41) is 11.6. The number of aryl methyl sites for hydroxylation is 1. The molecule has 2 aromatic heterocycles. The van der Waals surface area contributed by atoms with Crippen molar-refractivity contribution in [3.05, 3.63) is 16.5 Å². The van der Waals surface area contributed by atoms with Gasteiger partial charge in [0.15, 0.2) is 0 Å². The molecule has 1 fully saturated rings. The highest BCUT2D eigenvalue weighted by Crippen LogP contribution is 2.37. The number of amides is 1. The second-order valence-electron chi connectivity index (χ2n) is 7.01. The lowest BCUT2D eigenvalue weighted by atomic mass is 9.90. The molecule has 1 amide bonds. The van der Waals surface area contributed by atoms with Crippen molar-refractivity contribution in [2.45, 2.75) is 50.4 Å². The van der Waals surface area contributed by atoms with E-state index < -0.39 is 0 Å². The zero-order valence-corrected chi connectivity index (χ0v) is 16.5. The zero-order valence-electron chi connectivity index (χ0n) is 14.8. The summed E-state index contributed by atoms with van der Waals surface area (Å²) in [6.45, 7) is 3.67. The third-order valence-electron chi connectivity index (χ3n) is 4.82. The first-order valence-electron chi connectivity index (χ1n) is 9.14. The Morgan fingerprint density at radius 1 is 1.42 bits per heavy atom. The van der Waals surface area contributed by atoms with Crippen LogP contribution in [-0.4, -0.2) is 41.1 Å². The number of fused-ring (bicyclic) bond motifs is 1. The summed E-state index contributed by atoms with van der Waals surface area (Å²) in [4.78, 5) is 14.4. The molecule has 0 unspecified atom stereocenters. The second-order valence-corrected chi connectivity index (χ2v) is 9.07. The van der Waals surface area contributed by atoms with Crippen molar-refractivity contribution in [2.75, 3.05) is 18.9 Å². The van der Waals surface area contributed by atoms with E-state index in [0.29, 0.717) is 17.7 Å². The highest BCUT2D eigenvalue weighted by Gasteiger charge is 2.21. The Kier molecular flexibility index (Phi) is 5.61. The molecule has 1 N–H and O–H groups in total. The number of rotatable bonds is 6. The molecule has 0 aromatic carbocycles. The van der Waals surface area contributed by atoms with Gasteiger partial charge in [-0.2, -0.15) is 0 Å².